The molecule has 1 rings (SSSR count). The zero-order valence-corrected chi connectivity index (χ0v) is 6.18. The average molecular weight is 153 g/mol. The Labute approximate surface area is 64.3 Å². The lowest BCUT2D eigenvalue weighted by Crippen LogP contribution is -1.90. The van der Waals surface area contributed by atoms with Crippen LogP contribution >= 0.6 is 11.6 Å². The average Bonchev–Trinajstić information content (AvgIpc) is 1.85. The van der Waals surface area contributed by atoms with Gasteiger partial charge in [0.15, 0.2) is 0 Å². The number of halogens is 1. The van der Waals surface area contributed by atoms with Gasteiger partial charge in [0, 0.05) is 5.69 Å². The van der Waals surface area contributed by atoms with Gasteiger partial charge in [0.25, 0.3) is 0 Å². The third-order valence-electron chi connectivity index (χ3n) is 0.952. The van der Waals surface area contributed by atoms with Crippen molar-refractivity contribution in [2.75, 3.05) is 0 Å². The molecule has 0 radical (unpaired) electrons. The SMILES string of the molecule is C#Cc1nc(C)cc(Cl)n1. The molecule has 10 heavy (non-hydrogen) atoms. The predicted octanol–water partition coefficient (Wildman–Crippen LogP) is 1.42. The van der Waals surface area contributed by atoms with Crippen LogP contribution in [0.1, 0.15) is 11.5 Å². The Balaban J connectivity index is 3.22. The van der Waals surface area contributed by atoms with Gasteiger partial charge in [-0.25, -0.2) is 9.97 Å². The molecule has 0 amide bonds. The number of terminal acetylenes is 1. The number of aromatic nitrogens is 2. The standard InChI is InChI=1S/C7H5ClN2/c1-3-7-9-5(2)4-6(8)10-7/h1,4H,2H3. The van der Waals surface area contributed by atoms with E-state index in [9.17, 15) is 0 Å². The molecule has 0 bridgehead atoms. The fourth-order valence-corrected chi connectivity index (χ4v) is 0.833. The predicted molar refractivity (Wildman–Crippen MR) is 39.7 cm³/mol. The summed E-state index contributed by atoms with van der Waals surface area (Å²) in [6, 6.07) is 1.66. The van der Waals surface area contributed by atoms with E-state index in [-0.39, 0.29) is 0 Å². The van der Waals surface area contributed by atoms with E-state index in [4.69, 9.17) is 18.0 Å². The molecular formula is C7H5ClN2. The van der Waals surface area contributed by atoms with Gasteiger partial charge in [-0.3, -0.25) is 0 Å². The molecule has 1 heterocycles. The topological polar surface area (TPSA) is 25.8 Å². The van der Waals surface area contributed by atoms with Crippen molar-refractivity contribution in [3.63, 3.8) is 0 Å². The first-order valence-corrected chi connectivity index (χ1v) is 3.08. The van der Waals surface area contributed by atoms with Crippen LogP contribution in [0.2, 0.25) is 5.15 Å². The molecule has 0 saturated carbocycles. The second-order valence-corrected chi connectivity index (χ2v) is 2.19. The van der Waals surface area contributed by atoms with Crippen molar-refractivity contribution in [3.8, 4) is 12.3 Å². The molecular weight excluding hydrogens is 148 g/mol. The van der Waals surface area contributed by atoms with Crippen LogP contribution in [0.3, 0.4) is 0 Å². The lowest BCUT2D eigenvalue weighted by molar-refractivity contribution is 1.07. The van der Waals surface area contributed by atoms with Crippen LogP contribution in [-0.2, 0) is 0 Å². The zero-order valence-electron chi connectivity index (χ0n) is 5.43. The van der Waals surface area contributed by atoms with Gasteiger partial charge in [-0.15, -0.1) is 6.42 Å². The fraction of sp³-hybridized carbons (Fsp3) is 0.143. The highest BCUT2D eigenvalue weighted by atomic mass is 35.5. The number of hydrogen-bond acceptors (Lipinski definition) is 2. The summed E-state index contributed by atoms with van der Waals surface area (Å²) in [5.41, 5.74) is 0.785. The smallest absolute Gasteiger partial charge is 0.206 e. The van der Waals surface area contributed by atoms with Crippen molar-refractivity contribution in [2.24, 2.45) is 0 Å². The summed E-state index contributed by atoms with van der Waals surface area (Å²) < 4.78 is 0. The Kier molecular flexibility index (Phi) is 1.88. The van der Waals surface area contributed by atoms with Crippen LogP contribution in [0.5, 0.6) is 0 Å². The van der Waals surface area contributed by atoms with Crippen LogP contribution < -0.4 is 0 Å². The molecule has 0 aliphatic carbocycles. The molecule has 3 heteroatoms. The van der Waals surface area contributed by atoms with E-state index in [2.05, 4.69) is 15.9 Å². The van der Waals surface area contributed by atoms with Gasteiger partial charge in [-0.2, -0.15) is 0 Å². The lowest BCUT2D eigenvalue weighted by Gasteiger charge is -1.92. The molecule has 0 aromatic carbocycles. The van der Waals surface area contributed by atoms with Gasteiger partial charge in [0.2, 0.25) is 5.82 Å². The van der Waals surface area contributed by atoms with Gasteiger partial charge < -0.3 is 0 Å². The largest absolute Gasteiger partial charge is 0.226 e. The second-order valence-electron chi connectivity index (χ2n) is 1.80. The summed E-state index contributed by atoms with van der Waals surface area (Å²) in [6.07, 6.45) is 5.05. The van der Waals surface area contributed by atoms with E-state index >= 15 is 0 Å². The molecule has 0 aliphatic rings. The first-order valence-electron chi connectivity index (χ1n) is 2.70. The van der Waals surface area contributed by atoms with Gasteiger partial charge in [-0.05, 0) is 18.9 Å². The fourth-order valence-electron chi connectivity index (χ4n) is 0.595. The lowest BCUT2D eigenvalue weighted by atomic mass is 10.4. The first kappa shape index (κ1) is 7.04. The van der Waals surface area contributed by atoms with E-state index in [0.717, 1.165) is 5.69 Å². The van der Waals surface area contributed by atoms with E-state index in [1.165, 1.54) is 0 Å². The van der Waals surface area contributed by atoms with E-state index in [1.54, 1.807) is 6.07 Å². The van der Waals surface area contributed by atoms with E-state index < -0.39 is 0 Å². The van der Waals surface area contributed by atoms with Crippen LogP contribution in [0, 0.1) is 19.3 Å². The maximum Gasteiger partial charge on any atom is 0.206 e. The van der Waals surface area contributed by atoms with E-state index in [1.807, 2.05) is 6.92 Å². The Morgan fingerprint density at radius 3 is 2.80 bits per heavy atom. The van der Waals surface area contributed by atoms with Gasteiger partial charge in [0.1, 0.15) is 5.15 Å². The van der Waals surface area contributed by atoms with Crippen molar-refractivity contribution < 1.29 is 0 Å². The molecule has 50 valence electrons. The number of nitrogens with zero attached hydrogens (tertiary/aromatic N) is 2. The summed E-state index contributed by atoms with van der Waals surface area (Å²) in [5, 5.41) is 0.389. The molecule has 1 aromatic heterocycles. The highest BCUT2D eigenvalue weighted by molar-refractivity contribution is 6.29. The molecule has 0 saturated heterocycles. The summed E-state index contributed by atoms with van der Waals surface area (Å²) >= 11 is 5.58. The van der Waals surface area contributed by atoms with Crippen LogP contribution in [0.4, 0.5) is 0 Å². The summed E-state index contributed by atoms with van der Waals surface area (Å²) in [6.45, 7) is 1.81. The van der Waals surface area contributed by atoms with Crippen molar-refractivity contribution in [1.29, 1.82) is 0 Å². The number of hydrogen-bond donors (Lipinski definition) is 0. The monoisotopic (exact) mass is 152 g/mol. The van der Waals surface area contributed by atoms with Crippen molar-refractivity contribution in [2.45, 2.75) is 6.92 Å². The maximum absolute atomic E-state index is 5.58. The van der Waals surface area contributed by atoms with Crippen LogP contribution in [0.25, 0.3) is 0 Å². The normalized spacial score (nSPS) is 8.90. The minimum atomic E-state index is 0.338. The Bertz CT molecular complexity index is 268. The van der Waals surface area contributed by atoms with Crippen LogP contribution in [-0.4, -0.2) is 9.97 Å². The zero-order chi connectivity index (χ0) is 7.56. The van der Waals surface area contributed by atoms with Gasteiger partial charge >= 0.3 is 0 Å². The maximum atomic E-state index is 5.58. The van der Waals surface area contributed by atoms with E-state index in [0.29, 0.717) is 11.0 Å². The number of rotatable bonds is 0. The summed E-state index contributed by atoms with van der Waals surface area (Å²) in [7, 11) is 0. The summed E-state index contributed by atoms with van der Waals surface area (Å²) in [5.74, 6) is 2.64. The van der Waals surface area contributed by atoms with Crippen molar-refractivity contribution in [1.82, 2.24) is 9.97 Å². The molecule has 1 aromatic rings. The molecule has 0 aliphatic heterocycles. The van der Waals surface area contributed by atoms with Crippen molar-refractivity contribution >= 4 is 11.6 Å². The number of aryl methyl sites for hydroxylation is 1. The third-order valence-corrected chi connectivity index (χ3v) is 1.15. The Morgan fingerprint density at radius 1 is 1.60 bits per heavy atom. The molecule has 0 atom stereocenters. The Hall–Kier alpha value is -1.07. The van der Waals surface area contributed by atoms with Crippen LogP contribution in [0.15, 0.2) is 6.07 Å². The first-order chi connectivity index (χ1) is 4.72. The van der Waals surface area contributed by atoms with Crippen molar-refractivity contribution in [3.05, 3.63) is 22.7 Å². The summed E-state index contributed by atoms with van der Waals surface area (Å²) in [4.78, 5) is 7.69. The molecule has 0 N–H and O–H groups in total. The third kappa shape index (κ3) is 1.46. The molecule has 0 spiro atoms. The highest BCUT2D eigenvalue weighted by Crippen LogP contribution is 2.04. The van der Waals surface area contributed by atoms with Gasteiger partial charge in [0.05, 0.1) is 0 Å². The molecule has 0 fully saturated rings. The molecule has 2 nitrogen and oxygen atoms in total. The quantitative estimate of drug-likeness (QED) is 0.415. The minimum absolute atomic E-state index is 0.338. The second kappa shape index (κ2) is 2.68. The minimum Gasteiger partial charge on any atom is -0.226 e. The highest BCUT2D eigenvalue weighted by Gasteiger charge is 1.94. The van der Waals surface area contributed by atoms with Gasteiger partial charge in [-0.1, -0.05) is 11.6 Å². The molecule has 0 unspecified atom stereocenters. The Morgan fingerprint density at radius 2 is 2.30 bits per heavy atom.